The van der Waals surface area contributed by atoms with Crippen LogP contribution in [0.4, 0.5) is 0 Å². The van der Waals surface area contributed by atoms with E-state index < -0.39 is 15.6 Å². The Morgan fingerprint density at radius 2 is 1.90 bits per heavy atom. The van der Waals surface area contributed by atoms with Gasteiger partial charge in [0.1, 0.15) is 5.75 Å². The van der Waals surface area contributed by atoms with Crippen molar-refractivity contribution in [1.29, 1.82) is 0 Å². The molecule has 160 valence electrons. The molecule has 3 heterocycles. The van der Waals surface area contributed by atoms with Gasteiger partial charge in [0.2, 0.25) is 10.0 Å². The van der Waals surface area contributed by atoms with E-state index in [9.17, 15) is 13.2 Å². The molecule has 1 fully saturated rings. The molecule has 2 aromatic rings. The van der Waals surface area contributed by atoms with E-state index in [-0.39, 0.29) is 23.9 Å². The molecule has 2 aliphatic heterocycles. The van der Waals surface area contributed by atoms with Crippen LogP contribution < -0.4 is 4.74 Å². The fourth-order valence-electron chi connectivity index (χ4n) is 4.64. The summed E-state index contributed by atoms with van der Waals surface area (Å²) in [5, 5.41) is 0. The van der Waals surface area contributed by atoms with Crippen molar-refractivity contribution in [1.82, 2.24) is 14.2 Å². The number of rotatable bonds is 4. The van der Waals surface area contributed by atoms with Crippen molar-refractivity contribution in [3.63, 3.8) is 0 Å². The number of pyridine rings is 1. The summed E-state index contributed by atoms with van der Waals surface area (Å²) in [5.74, 6) is 0.632. The molecule has 0 saturated carbocycles. The fraction of sp³-hybridized carbons (Fsp3) is 0.455. The van der Waals surface area contributed by atoms with Crippen molar-refractivity contribution >= 4 is 15.9 Å². The van der Waals surface area contributed by atoms with E-state index in [0.29, 0.717) is 35.7 Å². The molecule has 8 heteroatoms. The van der Waals surface area contributed by atoms with Gasteiger partial charge in [0.25, 0.3) is 5.91 Å². The fourth-order valence-corrected chi connectivity index (χ4v) is 6.45. The van der Waals surface area contributed by atoms with E-state index >= 15 is 0 Å². The molecule has 1 unspecified atom stereocenters. The summed E-state index contributed by atoms with van der Waals surface area (Å²) in [4.78, 5) is 19.3. The quantitative estimate of drug-likeness (QED) is 0.747. The zero-order valence-electron chi connectivity index (χ0n) is 18.0. The Hall–Kier alpha value is -2.45. The minimum atomic E-state index is -3.73. The van der Waals surface area contributed by atoms with Gasteiger partial charge in [0, 0.05) is 25.8 Å². The highest BCUT2D eigenvalue weighted by Crippen LogP contribution is 2.43. The molecule has 1 amide bonds. The molecule has 0 spiro atoms. The van der Waals surface area contributed by atoms with Crippen LogP contribution in [0.5, 0.6) is 5.75 Å². The van der Waals surface area contributed by atoms with Crippen LogP contribution in [-0.4, -0.2) is 54.8 Å². The van der Waals surface area contributed by atoms with Crippen molar-refractivity contribution in [2.75, 3.05) is 26.2 Å². The molecule has 0 bridgehead atoms. The molecular weight excluding hydrogens is 402 g/mol. The number of amides is 1. The number of fused-ring (bicyclic) bond motifs is 3. The van der Waals surface area contributed by atoms with Crippen molar-refractivity contribution in [3.8, 4) is 5.75 Å². The van der Waals surface area contributed by atoms with Gasteiger partial charge in [0.15, 0.2) is 0 Å². The molecule has 1 aromatic heterocycles. The highest BCUT2D eigenvalue weighted by Gasteiger charge is 2.52. The number of carbonyl (C=O) groups is 1. The zero-order valence-corrected chi connectivity index (χ0v) is 18.8. The minimum Gasteiger partial charge on any atom is -0.494 e. The smallest absolute Gasteiger partial charge is 0.256 e. The average molecular weight is 430 g/mol. The highest BCUT2D eigenvalue weighted by molar-refractivity contribution is 7.89. The number of piperazine rings is 1. The van der Waals surface area contributed by atoms with Crippen molar-refractivity contribution in [3.05, 3.63) is 52.3 Å². The van der Waals surface area contributed by atoms with Crippen LogP contribution in [0.15, 0.2) is 29.3 Å². The number of aryl methyl sites for hydroxylation is 3. The van der Waals surface area contributed by atoms with Crippen molar-refractivity contribution in [2.45, 2.75) is 45.1 Å². The summed E-state index contributed by atoms with van der Waals surface area (Å²) in [6.07, 6.45) is 1.68. The highest BCUT2D eigenvalue weighted by atomic mass is 32.2. The third-order valence-corrected chi connectivity index (χ3v) is 8.21. The third kappa shape index (κ3) is 2.93. The lowest BCUT2D eigenvalue weighted by Gasteiger charge is -2.44. The summed E-state index contributed by atoms with van der Waals surface area (Å²) in [6.45, 7) is 10.6. The minimum absolute atomic E-state index is 0.0664. The predicted molar refractivity (Wildman–Crippen MR) is 113 cm³/mol. The summed E-state index contributed by atoms with van der Waals surface area (Å²) in [6, 6.07) is 5.31. The number of ether oxygens (including phenoxy) is 1. The van der Waals surface area contributed by atoms with Gasteiger partial charge in [-0.25, -0.2) is 8.42 Å². The van der Waals surface area contributed by atoms with Crippen LogP contribution in [-0.2, 0) is 15.6 Å². The maximum absolute atomic E-state index is 13.6. The molecule has 7 nitrogen and oxygen atoms in total. The van der Waals surface area contributed by atoms with Gasteiger partial charge < -0.3 is 9.64 Å². The van der Waals surface area contributed by atoms with E-state index in [1.165, 1.54) is 4.31 Å². The van der Waals surface area contributed by atoms with E-state index in [1.807, 2.05) is 33.8 Å². The van der Waals surface area contributed by atoms with Crippen molar-refractivity contribution < 1.29 is 17.9 Å². The van der Waals surface area contributed by atoms with Gasteiger partial charge >= 0.3 is 0 Å². The Morgan fingerprint density at radius 1 is 1.17 bits per heavy atom. The Kier molecular flexibility index (Phi) is 4.90. The molecule has 0 radical (unpaired) electrons. The first-order valence-electron chi connectivity index (χ1n) is 10.1. The molecule has 1 aromatic carbocycles. The maximum Gasteiger partial charge on any atom is 0.256 e. The lowest BCUT2D eigenvalue weighted by Crippen LogP contribution is -2.58. The first kappa shape index (κ1) is 20.8. The number of carbonyl (C=O) groups excluding carboxylic acids is 1. The zero-order chi connectivity index (χ0) is 21.8. The SMILES string of the molecule is CCOc1cc(C)c(S(=O)(=O)N2CCN3C(=O)c4c(ccnc4C)C3(C)C2)cc1C. The summed E-state index contributed by atoms with van der Waals surface area (Å²) in [7, 11) is -3.73. The second-order valence-corrected chi connectivity index (χ2v) is 10.1. The molecule has 2 aliphatic rings. The first-order valence-corrected chi connectivity index (χ1v) is 11.6. The Morgan fingerprint density at radius 3 is 2.60 bits per heavy atom. The Balaban J connectivity index is 1.73. The first-order chi connectivity index (χ1) is 14.1. The van der Waals surface area contributed by atoms with Gasteiger partial charge in [-0.15, -0.1) is 0 Å². The van der Waals surface area contributed by atoms with Crippen LogP contribution in [0.25, 0.3) is 0 Å². The molecule has 1 saturated heterocycles. The lowest BCUT2D eigenvalue weighted by atomic mass is 9.90. The number of aromatic nitrogens is 1. The van der Waals surface area contributed by atoms with Gasteiger partial charge in [-0.1, -0.05) is 0 Å². The normalized spacial score (nSPS) is 21.5. The van der Waals surface area contributed by atoms with Gasteiger partial charge in [-0.3, -0.25) is 9.78 Å². The van der Waals surface area contributed by atoms with E-state index in [0.717, 1.165) is 11.1 Å². The molecular formula is C22H27N3O4S. The van der Waals surface area contributed by atoms with E-state index in [1.54, 1.807) is 30.2 Å². The standard InChI is InChI=1S/C22H27N3O4S/c1-6-29-18-11-15(3)19(12-14(18)2)30(27,28)24-9-10-25-21(26)20-16(4)23-8-7-17(20)22(25,5)13-24/h7-8,11-12H,6,9-10,13H2,1-5H3. The lowest BCUT2D eigenvalue weighted by molar-refractivity contribution is 0.0375. The maximum atomic E-state index is 13.6. The topological polar surface area (TPSA) is 79.8 Å². The Labute approximate surface area is 177 Å². The molecule has 30 heavy (non-hydrogen) atoms. The summed E-state index contributed by atoms with van der Waals surface area (Å²) in [5.41, 5.74) is 2.86. The summed E-state index contributed by atoms with van der Waals surface area (Å²) < 4.78 is 34.3. The second kappa shape index (κ2) is 7.06. The third-order valence-electron chi connectivity index (χ3n) is 6.22. The van der Waals surface area contributed by atoms with Gasteiger partial charge in [0.05, 0.1) is 28.3 Å². The van der Waals surface area contributed by atoms with Crippen LogP contribution in [0.2, 0.25) is 0 Å². The molecule has 4 rings (SSSR count). The largest absolute Gasteiger partial charge is 0.494 e. The molecule has 1 atom stereocenters. The average Bonchev–Trinajstić information content (AvgIpc) is 2.92. The van der Waals surface area contributed by atoms with E-state index in [2.05, 4.69) is 4.98 Å². The van der Waals surface area contributed by atoms with Crippen LogP contribution in [0.1, 0.15) is 46.6 Å². The van der Waals surface area contributed by atoms with E-state index in [4.69, 9.17) is 4.74 Å². The number of nitrogens with zero attached hydrogens (tertiary/aromatic N) is 3. The second-order valence-electron chi connectivity index (χ2n) is 8.20. The van der Waals surface area contributed by atoms with Crippen LogP contribution in [0.3, 0.4) is 0 Å². The predicted octanol–water partition coefficient (Wildman–Crippen LogP) is 2.78. The van der Waals surface area contributed by atoms with Crippen LogP contribution >= 0.6 is 0 Å². The van der Waals surface area contributed by atoms with Crippen LogP contribution in [0, 0.1) is 20.8 Å². The monoisotopic (exact) mass is 429 g/mol. The Bertz CT molecular complexity index is 1150. The molecule has 0 N–H and O–H groups in total. The van der Waals surface area contributed by atoms with Crippen molar-refractivity contribution in [2.24, 2.45) is 0 Å². The van der Waals surface area contributed by atoms with Gasteiger partial charge in [-0.05, 0) is 69.5 Å². The van der Waals surface area contributed by atoms with Gasteiger partial charge in [-0.2, -0.15) is 4.31 Å². The molecule has 0 aliphatic carbocycles. The summed E-state index contributed by atoms with van der Waals surface area (Å²) >= 11 is 0. The number of hydrogen-bond acceptors (Lipinski definition) is 5. The number of hydrogen-bond donors (Lipinski definition) is 0. The number of benzene rings is 1. The number of sulfonamides is 1.